The second kappa shape index (κ2) is 5.45. The SMILES string of the molecule is CC(C)(C)c1cn(-c2ccc(OCCN)cc2)cn1. The minimum atomic E-state index is 0.0649. The fraction of sp³-hybridized carbons (Fsp3) is 0.400. The maximum Gasteiger partial charge on any atom is 0.119 e. The lowest BCUT2D eigenvalue weighted by Crippen LogP contribution is -2.11. The summed E-state index contributed by atoms with van der Waals surface area (Å²) >= 11 is 0. The van der Waals surface area contributed by atoms with Crippen molar-refractivity contribution >= 4 is 0 Å². The van der Waals surface area contributed by atoms with Crippen LogP contribution in [-0.4, -0.2) is 22.7 Å². The van der Waals surface area contributed by atoms with Crippen LogP contribution in [0.15, 0.2) is 36.8 Å². The second-order valence-corrected chi connectivity index (χ2v) is 5.55. The highest BCUT2D eigenvalue weighted by Gasteiger charge is 2.16. The molecule has 19 heavy (non-hydrogen) atoms. The molecule has 0 aliphatic rings. The Bertz CT molecular complexity index is 523. The molecule has 0 aliphatic heterocycles. The van der Waals surface area contributed by atoms with Crippen molar-refractivity contribution in [3.05, 3.63) is 42.5 Å². The smallest absolute Gasteiger partial charge is 0.119 e. The predicted octanol–water partition coefficient (Wildman–Crippen LogP) is 2.51. The largest absolute Gasteiger partial charge is 0.492 e. The quantitative estimate of drug-likeness (QED) is 0.918. The van der Waals surface area contributed by atoms with Crippen molar-refractivity contribution in [3.8, 4) is 11.4 Å². The van der Waals surface area contributed by atoms with Crippen molar-refractivity contribution < 1.29 is 4.74 Å². The minimum absolute atomic E-state index is 0.0649. The van der Waals surface area contributed by atoms with Gasteiger partial charge < -0.3 is 15.0 Å². The average molecular weight is 259 g/mol. The van der Waals surface area contributed by atoms with Crippen molar-refractivity contribution in [2.75, 3.05) is 13.2 Å². The number of ether oxygens (including phenoxy) is 1. The van der Waals surface area contributed by atoms with Gasteiger partial charge in [0.2, 0.25) is 0 Å². The lowest BCUT2D eigenvalue weighted by molar-refractivity contribution is 0.328. The predicted molar refractivity (Wildman–Crippen MR) is 76.8 cm³/mol. The van der Waals surface area contributed by atoms with Crippen molar-refractivity contribution in [3.63, 3.8) is 0 Å². The molecule has 0 aliphatic carbocycles. The van der Waals surface area contributed by atoms with Gasteiger partial charge in [0.05, 0.1) is 12.0 Å². The van der Waals surface area contributed by atoms with Crippen LogP contribution in [-0.2, 0) is 5.41 Å². The van der Waals surface area contributed by atoms with Crippen LogP contribution < -0.4 is 10.5 Å². The molecule has 4 nitrogen and oxygen atoms in total. The first-order valence-corrected chi connectivity index (χ1v) is 6.48. The molecule has 1 aromatic carbocycles. The average Bonchev–Trinajstić information content (AvgIpc) is 2.86. The van der Waals surface area contributed by atoms with Gasteiger partial charge in [0.1, 0.15) is 12.4 Å². The van der Waals surface area contributed by atoms with Gasteiger partial charge in [-0.3, -0.25) is 0 Å². The van der Waals surface area contributed by atoms with Crippen LogP contribution in [0.5, 0.6) is 5.75 Å². The van der Waals surface area contributed by atoms with Crippen LogP contribution >= 0.6 is 0 Å². The Labute approximate surface area is 114 Å². The molecule has 4 heteroatoms. The number of nitrogens with zero attached hydrogens (tertiary/aromatic N) is 2. The van der Waals surface area contributed by atoms with E-state index in [4.69, 9.17) is 10.5 Å². The molecule has 0 saturated carbocycles. The van der Waals surface area contributed by atoms with E-state index < -0.39 is 0 Å². The molecule has 1 aromatic heterocycles. The summed E-state index contributed by atoms with van der Waals surface area (Å²) < 4.78 is 7.48. The summed E-state index contributed by atoms with van der Waals surface area (Å²) in [7, 11) is 0. The Morgan fingerprint density at radius 1 is 1.21 bits per heavy atom. The molecule has 0 spiro atoms. The van der Waals surface area contributed by atoms with Gasteiger partial charge in [-0.15, -0.1) is 0 Å². The summed E-state index contributed by atoms with van der Waals surface area (Å²) in [5.74, 6) is 0.838. The first-order valence-electron chi connectivity index (χ1n) is 6.48. The minimum Gasteiger partial charge on any atom is -0.492 e. The third-order valence-electron chi connectivity index (χ3n) is 2.87. The normalized spacial score (nSPS) is 11.6. The third kappa shape index (κ3) is 3.35. The molecule has 0 atom stereocenters. The summed E-state index contributed by atoms with van der Waals surface area (Å²) in [6.07, 6.45) is 3.91. The second-order valence-electron chi connectivity index (χ2n) is 5.55. The van der Waals surface area contributed by atoms with Crippen LogP contribution in [0.3, 0.4) is 0 Å². The molecular weight excluding hydrogens is 238 g/mol. The van der Waals surface area contributed by atoms with Crippen molar-refractivity contribution in [1.29, 1.82) is 0 Å². The molecular formula is C15H21N3O. The Morgan fingerprint density at radius 3 is 2.42 bits per heavy atom. The number of hydrogen-bond donors (Lipinski definition) is 1. The zero-order valence-corrected chi connectivity index (χ0v) is 11.8. The van der Waals surface area contributed by atoms with E-state index in [0.717, 1.165) is 17.1 Å². The third-order valence-corrected chi connectivity index (χ3v) is 2.87. The number of benzene rings is 1. The number of nitrogens with two attached hydrogens (primary N) is 1. The lowest BCUT2D eigenvalue weighted by Gasteiger charge is -2.14. The molecule has 0 fully saturated rings. The van der Waals surface area contributed by atoms with E-state index in [2.05, 4.69) is 32.0 Å². The Morgan fingerprint density at radius 2 is 1.89 bits per heavy atom. The van der Waals surface area contributed by atoms with Gasteiger partial charge in [-0.05, 0) is 24.3 Å². The summed E-state index contributed by atoms with van der Waals surface area (Å²) in [6, 6.07) is 7.92. The van der Waals surface area contributed by atoms with Gasteiger partial charge >= 0.3 is 0 Å². The maximum atomic E-state index is 5.46. The Kier molecular flexibility index (Phi) is 3.90. The first kappa shape index (κ1) is 13.6. The molecule has 0 unspecified atom stereocenters. The van der Waals surface area contributed by atoms with E-state index in [9.17, 15) is 0 Å². The number of imidazole rings is 1. The number of rotatable bonds is 4. The van der Waals surface area contributed by atoms with Crippen molar-refractivity contribution in [2.24, 2.45) is 5.73 Å². The Balaban J connectivity index is 2.16. The van der Waals surface area contributed by atoms with Gasteiger partial charge in [-0.2, -0.15) is 0 Å². The fourth-order valence-corrected chi connectivity index (χ4v) is 1.74. The molecule has 1 heterocycles. The molecule has 2 N–H and O–H groups in total. The molecule has 0 radical (unpaired) electrons. The fourth-order valence-electron chi connectivity index (χ4n) is 1.74. The van der Waals surface area contributed by atoms with Crippen molar-refractivity contribution in [1.82, 2.24) is 9.55 Å². The van der Waals surface area contributed by atoms with Gasteiger partial charge in [0, 0.05) is 23.8 Å². The monoisotopic (exact) mass is 259 g/mol. The molecule has 0 bridgehead atoms. The number of aromatic nitrogens is 2. The molecule has 2 rings (SSSR count). The highest BCUT2D eigenvalue weighted by molar-refractivity contribution is 5.38. The van der Waals surface area contributed by atoms with E-state index in [-0.39, 0.29) is 5.41 Å². The topological polar surface area (TPSA) is 53.1 Å². The number of hydrogen-bond acceptors (Lipinski definition) is 3. The van der Waals surface area contributed by atoms with Crippen LogP contribution in [0.2, 0.25) is 0 Å². The standard InChI is InChI=1S/C15H21N3O/c1-15(2,3)14-10-18(11-17-14)12-4-6-13(7-5-12)19-9-8-16/h4-7,10-11H,8-9,16H2,1-3H3. The zero-order chi connectivity index (χ0) is 13.9. The van der Waals surface area contributed by atoms with Gasteiger partial charge in [0.25, 0.3) is 0 Å². The van der Waals surface area contributed by atoms with Gasteiger partial charge in [0.15, 0.2) is 0 Å². The van der Waals surface area contributed by atoms with E-state index >= 15 is 0 Å². The van der Waals surface area contributed by atoms with Crippen LogP contribution in [0.1, 0.15) is 26.5 Å². The molecule has 102 valence electrons. The zero-order valence-electron chi connectivity index (χ0n) is 11.8. The molecule has 0 saturated heterocycles. The highest BCUT2D eigenvalue weighted by Crippen LogP contribution is 2.22. The van der Waals surface area contributed by atoms with Gasteiger partial charge in [-0.25, -0.2) is 4.98 Å². The lowest BCUT2D eigenvalue weighted by atomic mass is 9.93. The Hall–Kier alpha value is -1.81. The maximum absolute atomic E-state index is 5.46. The summed E-state index contributed by atoms with van der Waals surface area (Å²) in [4.78, 5) is 4.45. The first-order chi connectivity index (χ1) is 9.00. The highest BCUT2D eigenvalue weighted by atomic mass is 16.5. The van der Waals surface area contributed by atoms with Crippen LogP contribution in [0.4, 0.5) is 0 Å². The van der Waals surface area contributed by atoms with Crippen molar-refractivity contribution in [2.45, 2.75) is 26.2 Å². The van der Waals surface area contributed by atoms with E-state index in [1.165, 1.54) is 0 Å². The van der Waals surface area contributed by atoms with Gasteiger partial charge in [-0.1, -0.05) is 20.8 Å². The summed E-state index contributed by atoms with van der Waals surface area (Å²) in [5.41, 5.74) is 7.62. The summed E-state index contributed by atoms with van der Waals surface area (Å²) in [5, 5.41) is 0. The van der Waals surface area contributed by atoms with E-state index in [0.29, 0.717) is 13.2 Å². The molecule has 2 aromatic rings. The molecule has 0 amide bonds. The van der Waals surface area contributed by atoms with Crippen LogP contribution in [0.25, 0.3) is 5.69 Å². The van der Waals surface area contributed by atoms with Crippen LogP contribution in [0, 0.1) is 0 Å². The summed E-state index contributed by atoms with van der Waals surface area (Å²) in [6.45, 7) is 7.53. The van der Waals surface area contributed by atoms with E-state index in [1.807, 2.05) is 35.2 Å². The van der Waals surface area contributed by atoms with E-state index in [1.54, 1.807) is 0 Å².